The number of benzene rings is 2. The maximum atomic E-state index is 13.3. The van der Waals surface area contributed by atoms with E-state index in [9.17, 15) is 17.6 Å². The lowest BCUT2D eigenvalue weighted by Gasteiger charge is -2.12. The summed E-state index contributed by atoms with van der Waals surface area (Å²) < 4.78 is 45.4. The standard InChI is InChI=1S/C16H16FNO4S/c1-3-22-16(19)13-6-4-5-7-15(13)18-23(20,21)12-8-9-14(17)11(2)10-12/h4-10,18H,3H2,1-2H3. The van der Waals surface area contributed by atoms with E-state index in [0.717, 1.165) is 12.1 Å². The monoisotopic (exact) mass is 337 g/mol. The van der Waals surface area contributed by atoms with Gasteiger partial charge < -0.3 is 4.74 Å². The Morgan fingerprint density at radius 3 is 2.57 bits per heavy atom. The first-order valence-electron chi connectivity index (χ1n) is 6.90. The van der Waals surface area contributed by atoms with Crippen LogP contribution in [0.1, 0.15) is 22.8 Å². The molecule has 0 saturated heterocycles. The van der Waals surface area contributed by atoms with E-state index in [-0.39, 0.29) is 28.3 Å². The number of para-hydroxylation sites is 1. The largest absolute Gasteiger partial charge is 0.462 e. The number of carbonyl (C=O) groups is 1. The molecule has 0 amide bonds. The van der Waals surface area contributed by atoms with E-state index in [2.05, 4.69) is 4.72 Å². The SMILES string of the molecule is CCOC(=O)c1ccccc1NS(=O)(=O)c1ccc(F)c(C)c1. The number of halogens is 1. The highest BCUT2D eigenvalue weighted by atomic mass is 32.2. The van der Waals surface area contributed by atoms with Crippen molar-refractivity contribution >= 4 is 21.7 Å². The molecule has 0 bridgehead atoms. The topological polar surface area (TPSA) is 72.5 Å². The minimum atomic E-state index is -3.95. The van der Waals surface area contributed by atoms with Gasteiger partial charge in [-0.2, -0.15) is 0 Å². The van der Waals surface area contributed by atoms with Crippen molar-refractivity contribution in [1.82, 2.24) is 0 Å². The summed E-state index contributed by atoms with van der Waals surface area (Å²) >= 11 is 0. The van der Waals surface area contributed by atoms with Gasteiger partial charge in [0.15, 0.2) is 0 Å². The summed E-state index contributed by atoms with van der Waals surface area (Å²) in [7, 11) is -3.95. The van der Waals surface area contributed by atoms with Gasteiger partial charge in [0.05, 0.1) is 22.8 Å². The third-order valence-corrected chi connectivity index (χ3v) is 4.47. The van der Waals surface area contributed by atoms with Gasteiger partial charge in [-0.25, -0.2) is 17.6 Å². The molecule has 1 N–H and O–H groups in total. The van der Waals surface area contributed by atoms with Crippen LogP contribution < -0.4 is 4.72 Å². The molecule has 23 heavy (non-hydrogen) atoms. The molecule has 2 rings (SSSR count). The Morgan fingerprint density at radius 2 is 1.91 bits per heavy atom. The van der Waals surface area contributed by atoms with Gasteiger partial charge in [0, 0.05) is 0 Å². The number of anilines is 1. The zero-order valence-corrected chi connectivity index (χ0v) is 13.5. The second-order valence-corrected chi connectivity index (χ2v) is 6.46. The molecule has 0 atom stereocenters. The van der Waals surface area contributed by atoms with Gasteiger partial charge in [0.2, 0.25) is 0 Å². The van der Waals surface area contributed by atoms with Gasteiger partial charge in [-0.1, -0.05) is 12.1 Å². The molecule has 0 fully saturated rings. The number of aryl methyl sites for hydroxylation is 1. The number of esters is 1. The lowest BCUT2D eigenvalue weighted by Crippen LogP contribution is -2.16. The molecule has 0 heterocycles. The highest BCUT2D eigenvalue weighted by Crippen LogP contribution is 2.22. The summed E-state index contributed by atoms with van der Waals surface area (Å²) in [5, 5.41) is 0. The fourth-order valence-electron chi connectivity index (χ4n) is 1.95. The first-order chi connectivity index (χ1) is 10.8. The van der Waals surface area contributed by atoms with Crippen LogP contribution in [0.2, 0.25) is 0 Å². The molecule has 0 aromatic heterocycles. The van der Waals surface area contributed by atoms with Crippen molar-refractivity contribution in [2.75, 3.05) is 11.3 Å². The maximum Gasteiger partial charge on any atom is 0.340 e. The fourth-order valence-corrected chi connectivity index (χ4v) is 3.11. The minimum Gasteiger partial charge on any atom is -0.462 e. The second-order valence-electron chi connectivity index (χ2n) is 4.78. The fraction of sp³-hybridized carbons (Fsp3) is 0.188. The van der Waals surface area contributed by atoms with Crippen LogP contribution in [0.3, 0.4) is 0 Å². The highest BCUT2D eigenvalue weighted by Gasteiger charge is 2.19. The van der Waals surface area contributed by atoms with Gasteiger partial charge in [-0.3, -0.25) is 4.72 Å². The first-order valence-corrected chi connectivity index (χ1v) is 8.38. The Bertz CT molecular complexity index is 834. The quantitative estimate of drug-likeness (QED) is 0.851. The summed E-state index contributed by atoms with van der Waals surface area (Å²) in [6, 6.07) is 9.60. The van der Waals surface area contributed by atoms with Crippen molar-refractivity contribution in [3.63, 3.8) is 0 Å². The number of carbonyl (C=O) groups excluding carboxylic acids is 1. The Hall–Kier alpha value is -2.41. The van der Waals surface area contributed by atoms with E-state index in [1.54, 1.807) is 19.1 Å². The van der Waals surface area contributed by atoms with Crippen LogP contribution in [0.25, 0.3) is 0 Å². The summed E-state index contributed by atoms with van der Waals surface area (Å²) in [5.74, 6) is -1.11. The summed E-state index contributed by atoms with van der Waals surface area (Å²) in [4.78, 5) is 11.8. The number of rotatable bonds is 5. The molecule has 0 aliphatic carbocycles. The molecule has 5 nitrogen and oxygen atoms in total. The number of nitrogens with one attached hydrogen (secondary N) is 1. The Kier molecular flexibility index (Phi) is 5.00. The molecule has 7 heteroatoms. The van der Waals surface area contributed by atoms with Crippen molar-refractivity contribution < 1.29 is 22.3 Å². The minimum absolute atomic E-state index is 0.0879. The number of hydrogen-bond acceptors (Lipinski definition) is 4. The predicted molar refractivity (Wildman–Crippen MR) is 84.3 cm³/mol. The number of hydrogen-bond donors (Lipinski definition) is 1. The lowest BCUT2D eigenvalue weighted by molar-refractivity contribution is 0.0527. The molecular formula is C16H16FNO4S. The van der Waals surface area contributed by atoms with Crippen LogP contribution in [0.4, 0.5) is 10.1 Å². The third-order valence-electron chi connectivity index (χ3n) is 3.11. The van der Waals surface area contributed by atoms with Crippen LogP contribution in [0.5, 0.6) is 0 Å². The van der Waals surface area contributed by atoms with Crippen molar-refractivity contribution in [3.05, 3.63) is 59.4 Å². The van der Waals surface area contributed by atoms with Crippen LogP contribution in [0, 0.1) is 12.7 Å². The van der Waals surface area contributed by atoms with E-state index in [4.69, 9.17) is 4.74 Å². The van der Waals surface area contributed by atoms with E-state index in [1.165, 1.54) is 25.1 Å². The van der Waals surface area contributed by atoms with Crippen LogP contribution >= 0.6 is 0 Å². The van der Waals surface area contributed by atoms with E-state index in [1.807, 2.05) is 0 Å². The normalized spacial score (nSPS) is 11.1. The Labute approximate surface area is 134 Å². The Balaban J connectivity index is 2.38. The molecule has 0 aliphatic rings. The molecule has 0 radical (unpaired) electrons. The maximum absolute atomic E-state index is 13.3. The molecule has 0 saturated carbocycles. The molecular weight excluding hydrogens is 321 g/mol. The van der Waals surface area contributed by atoms with E-state index >= 15 is 0 Å². The van der Waals surface area contributed by atoms with Crippen molar-refractivity contribution in [1.29, 1.82) is 0 Å². The van der Waals surface area contributed by atoms with Crippen molar-refractivity contribution in [3.8, 4) is 0 Å². The van der Waals surface area contributed by atoms with Gasteiger partial charge >= 0.3 is 5.97 Å². The zero-order valence-electron chi connectivity index (χ0n) is 12.7. The summed E-state index contributed by atoms with van der Waals surface area (Å²) in [6.07, 6.45) is 0. The van der Waals surface area contributed by atoms with Gasteiger partial charge in [-0.05, 0) is 49.7 Å². The second kappa shape index (κ2) is 6.78. The molecule has 122 valence electrons. The van der Waals surface area contributed by atoms with Gasteiger partial charge in [-0.15, -0.1) is 0 Å². The van der Waals surface area contributed by atoms with Crippen molar-refractivity contribution in [2.24, 2.45) is 0 Å². The van der Waals surface area contributed by atoms with Crippen molar-refractivity contribution in [2.45, 2.75) is 18.7 Å². The summed E-state index contributed by atoms with van der Waals surface area (Å²) in [6.45, 7) is 3.31. The number of ether oxygens (including phenoxy) is 1. The smallest absolute Gasteiger partial charge is 0.340 e. The molecule has 0 aliphatic heterocycles. The van der Waals surface area contributed by atoms with Gasteiger partial charge in [0.25, 0.3) is 10.0 Å². The lowest BCUT2D eigenvalue weighted by atomic mass is 10.2. The van der Waals surface area contributed by atoms with Crippen LogP contribution in [-0.2, 0) is 14.8 Å². The molecule has 0 unspecified atom stereocenters. The summed E-state index contributed by atoms with van der Waals surface area (Å²) in [5.41, 5.74) is 0.427. The average molecular weight is 337 g/mol. The Morgan fingerprint density at radius 1 is 1.22 bits per heavy atom. The van der Waals surface area contributed by atoms with E-state index in [0.29, 0.717) is 0 Å². The number of sulfonamides is 1. The predicted octanol–water partition coefficient (Wildman–Crippen LogP) is 3.11. The van der Waals surface area contributed by atoms with Crippen LogP contribution in [-0.4, -0.2) is 21.0 Å². The van der Waals surface area contributed by atoms with E-state index < -0.39 is 21.8 Å². The molecule has 0 spiro atoms. The molecule has 2 aromatic rings. The zero-order chi connectivity index (χ0) is 17.0. The highest BCUT2D eigenvalue weighted by molar-refractivity contribution is 7.92. The van der Waals surface area contributed by atoms with Crippen LogP contribution in [0.15, 0.2) is 47.4 Å². The average Bonchev–Trinajstić information content (AvgIpc) is 2.50. The first kappa shape index (κ1) is 17.0. The molecule has 2 aromatic carbocycles. The third kappa shape index (κ3) is 3.87. The van der Waals surface area contributed by atoms with Gasteiger partial charge in [0.1, 0.15) is 5.82 Å².